The van der Waals surface area contributed by atoms with Crippen LogP contribution in [0.3, 0.4) is 0 Å². The van der Waals surface area contributed by atoms with Gasteiger partial charge in [0.15, 0.2) is 6.10 Å². The number of nitrogens with one attached hydrogen (secondary N) is 1. The van der Waals surface area contributed by atoms with E-state index in [1.54, 1.807) is 18.2 Å². The lowest BCUT2D eigenvalue weighted by Gasteiger charge is -2.15. The van der Waals surface area contributed by atoms with Crippen molar-refractivity contribution in [1.29, 1.82) is 0 Å². The Bertz CT molecular complexity index is 800. The molecule has 8 heteroatoms. The molecule has 6 nitrogen and oxygen atoms in total. The van der Waals surface area contributed by atoms with Crippen LogP contribution in [-0.2, 0) is 20.7 Å². The Labute approximate surface area is 161 Å². The molecule has 2 aromatic rings. The summed E-state index contributed by atoms with van der Waals surface area (Å²) in [6, 6.07) is 8.94. The standard InChI is InChI=1S/C19H19ClFNO5/c1-11(27-18(23)10-15-16(20)5-4-6-17(15)21)19(24)22-12-7-13(25-2)9-14(8-12)26-3/h4-9,11H,10H2,1-3H3,(H,22,24). The van der Waals surface area contributed by atoms with Crippen LogP contribution in [0.2, 0.25) is 5.02 Å². The number of carbonyl (C=O) groups excluding carboxylic acids is 2. The van der Waals surface area contributed by atoms with Crippen LogP contribution in [0, 0.1) is 5.82 Å². The van der Waals surface area contributed by atoms with Crippen LogP contribution >= 0.6 is 11.6 Å². The molecule has 0 spiro atoms. The molecule has 0 aliphatic rings. The fraction of sp³-hybridized carbons (Fsp3) is 0.263. The lowest BCUT2D eigenvalue weighted by Crippen LogP contribution is -2.30. The molecule has 0 fully saturated rings. The van der Waals surface area contributed by atoms with Crippen LogP contribution in [0.25, 0.3) is 0 Å². The molecule has 1 atom stereocenters. The van der Waals surface area contributed by atoms with Gasteiger partial charge in [0, 0.05) is 34.5 Å². The van der Waals surface area contributed by atoms with E-state index in [0.717, 1.165) is 0 Å². The van der Waals surface area contributed by atoms with Gasteiger partial charge < -0.3 is 19.5 Å². The molecule has 2 rings (SSSR count). The summed E-state index contributed by atoms with van der Waals surface area (Å²) in [4.78, 5) is 24.3. The van der Waals surface area contributed by atoms with Gasteiger partial charge in [-0.15, -0.1) is 0 Å². The largest absolute Gasteiger partial charge is 0.497 e. The highest BCUT2D eigenvalue weighted by atomic mass is 35.5. The normalized spacial score (nSPS) is 11.4. The van der Waals surface area contributed by atoms with Crippen molar-refractivity contribution in [1.82, 2.24) is 0 Å². The third kappa shape index (κ3) is 5.59. The van der Waals surface area contributed by atoms with E-state index in [0.29, 0.717) is 17.2 Å². The first kappa shape index (κ1) is 20.5. The van der Waals surface area contributed by atoms with E-state index in [9.17, 15) is 14.0 Å². The number of ether oxygens (including phenoxy) is 3. The quantitative estimate of drug-likeness (QED) is 0.725. The van der Waals surface area contributed by atoms with Gasteiger partial charge in [0.2, 0.25) is 0 Å². The van der Waals surface area contributed by atoms with Crippen LogP contribution < -0.4 is 14.8 Å². The molecule has 1 N–H and O–H groups in total. The summed E-state index contributed by atoms with van der Waals surface area (Å²) in [5.41, 5.74) is 0.436. The minimum absolute atomic E-state index is 0.0225. The van der Waals surface area contributed by atoms with Gasteiger partial charge in [0.05, 0.1) is 20.6 Å². The van der Waals surface area contributed by atoms with Crippen molar-refractivity contribution in [3.63, 3.8) is 0 Å². The maximum atomic E-state index is 13.7. The molecule has 2 aromatic carbocycles. The Kier molecular flexibility index (Phi) is 7.01. The predicted molar refractivity (Wildman–Crippen MR) is 98.8 cm³/mol. The third-order valence-electron chi connectivity index (χ3n) is 3.68. The first-order valence-corrected chi connectivity index (χ1v) is 8.38. The predicted octanol–water partition coefficient (Wildman–Crippen LogP) is 3.61. The van der Waals surface area contributed by atoms with Gasteiger partial charge in [-0.2, -0.15) is 0 Å². The van der Waals surface area contributed by atoms with Crippen LogP contribution in [-0.4, -0.2) is 32.2 Å². The average molecular weight is 396 g/mol. The molecule has 0 saturated carbocycles. The van der Waals surface area contributed by atoms with Gasteiger partial charge in [-0.25, -0.2) is 4.39 Å². The highest BCUT2D eigenvalue weighted by Crippen LogP contribution is 2.26. The number of esters is 1. The van der Waals surface area contributed by atoms with E-state index in [4.69, 9.17) is 25.8 Å². The maximum Gasteiger partial charge on any atom is 0.311 e. The molecule has 0 aliphatic heterocycles. The molecule has 0 bridgehead atoms. The van der Waals surface area contributed by atoms with E-state index in [1.165, 1.54) is 39.3 Å². The molecule has 1 unspecified atom stereocenters. The van der Waals surface area contributed by atoms with Crippen molar-refractivity contribution < 1.29 is 28.2 Å². The summed E-state index contributed by atoms with van der Waals surface area (Å²) >= 11 is 5.89. The molecule has 0 saturated heterocycles. The number of benzene rings is 2. The summed E-state index contributed by atoms with van der Waals surface area (Å²) in [5.74, 6) is -0.960. The van der Waals surface area contributed by atoms with Crippen molar-refractivity contribution >= 4 is 29.2 Å². The highest BCUT2D eigenvalue weighted by molar-refractivity contribution is 6.31. The number of anilines is 1. The van der Waals surface area contributed by atoms with Crippen LogP contribution in [0.5, 0.6) is 11.5 Å². The van der Waals surface area contributed by atoms with Gasteiger partial charge in [-0.3, -0.25) is 9.59 Å². The summed E-state index contributed by atoms with van der Waals surface area (Å²) in [7, 11) is 2.97. The lowest BCUT2D eigenvalue weighted by molar-refractivity contribution is -0.152. The van der Waals surface area contributed by atoms with Gasteiger partial charge in [-0.05, 0) is 19.1 Å². The molecule has 144 valence electrons. The van der Waals surface area contributed by atoms with E-state index >= 15 is 0 Å². The second-order valence-corrected chi connectivity index (χ2v) is 6.01. The number of amides is 1. The van der Waals surface area contributed by atoms with Gasteiger partial charge >= 0.3 is 5.97 Å². The topological polar surface area (TPSA) is 73.9 Å². The molecular weight excluding hydrogens is 377 g/mol. The Morgan fingerprint density at radius 2 is 1.78 bits per heavy atom. The van der Waals surface area contributed by atoms with E-state index in [1.807, 2.05) is 0 Å². The fourth-order valence-electron chi connectivity index (χ4n) is 2.26. The summed E-state index contributed by atoms with van der Waals surface area (Å²) < 4.78 is 29.1. The van der Waals surface area contributed by atoms with Crippen LogP contribution in [0.15, 0.2) is 36.4 Å². The second kappa shape index (κ2) is 9.23. The maximum absolute atomic E-state index is 13.7. The van der Waals surface area contributed by atoms with Crippen molar-refractivity contribution in [3.8, 4) is 11.5 Å². The van der Waals surface area contributed by atoms with E-state index < -0.39 is 23.8 Å². The minimum Gasteiger partial charge on any atom is -0.497 e. The molecule has 0 aromatic heterocycles. The van der Waals surface area contributed by atoms with Gasteiger partial charge in [0.25, 0.3) is 5.91 Å². The van der Waals surface area contributed by atoms with Crippen LogP contribution in [0.1, 0.15) is 12.5 Å². The van der Waals surface area contributed by atoms with E-state index in [2.05, 4.69) is 5.32 Å². The molecule has 1 amide bonds. The monoisotopic (exact) mass is 395 g/mol. The van der Waals surface area contributed by atoms with Gasteiger partial charge in [-0.1, -0.05) is 17.7 Å². The molecule has 27 heavy (non-hydrogen) atoms. The Morgan fingerprint density at radius 1 is 1.15 bits per heavy atom. The first-order chi connectivity index (χ1) is 12.8. The van der Waals surface area contributed by atoms with Crippen molar-refractivity contribution in [2.45, 2.75) is 19.4 Å². The number of rotatable bonds is 7. The van der Waals surface area contributed by atoms with Gasteiger partial charge in [0.1, 0.15) is 17.3 Å². The summed E-state index contributed by atoms with van der Waals surface area (Å²) in [6.07, 6.45) is -1.48. The zero-order valence-corrected chi connectivity index (χ0v) is 15.8. The minimum atomic E-state index is -1.10. The number of hydrogen-bond donors (Lipinski definition) is 1. The molecule has 0 heterocycles. The number of hydrogen-bond acceptors (Lipinski definition) is 5. The Balaban J connectivity index is 2.00. The van der Waals surface area contributed by atoms with Crippen LogP contribution in [0.4, 0.5) is 10.1 Å². The lowest BCUT2D eigenvalue weighted by atomic mass is 10.1. The average Bonchev–Trinajstić information content (AvgIpc) is 2.64. The Hall–Kier alpha value is -2.80. The Morgan fingerprint density at radius 3 is 2.33 bits per heavy atom. The van der Waals surface area contributed by atoms with Crippen molar-refractivity contribution in [2.24, 2.45) is 0 Å². The zero-order chi connectivity index (χ0) is 20.0. The SMILES string of the molecule is COc1cc(NC(=O)C(C)OC(=O)Cc2c(F)cccc2Cl)cc(OC)c1. The number of carbonyl (C=O) groups is 2. The molecule has 0 aliphatic carbocycles. The summed E-state index contributed by atoms with van der Waals surface area (Å²) in [5, 5.41) is 2.72. The molecule has 0 radical (unpaired) electrons. The summed E-state index contributed by atoms with van der Waals surface area (Å²) in [6.45, 7) is 1.41. The first-order valence-electron chi connectivity index (χ1n) is 8.00. The number of methoxy groups -OCH3 is 2. The zero-order valence-electron chi connectivity index (χ0n) is 15.0. The highest BCUT2D eigenvalue weighted by Gasteiger charge is 2.20. The fourth-order valence-corrected chi connectivity index (χ4v) is 2.49. The molecular formula is C19H19ClFNO5. The number of halogens is 2. The van der Waals surface area contributed by atoms with Crippen molar-refractivity contribution in [3.05, 3.63) is 52.8 Å². The van der Waals surface area contributed by atoms with Crippen molar-refractivity contribution in [2.75, 3.05) is 19.5 Å². The second-order valence-electron chi connectivity index (χ2n) is 5.60. The third-order valence-corrected chi connectivity index (χ3v) is 4.03. The smallest absolute Gasteiger partial charge is 0.311 e. The van der Waals surface area contributed by atoms with E-state index in [-0.39, 0.29) is 17.0 Å².